The molecule has 112 valence electrons. The van der Waals surface area contributed by atoms with Gasteiger partial charge in [0.05, 0.1) is 20.1 Å². The number of benzene rings is 2. The van der Waals surface area contributed by atoms with E-state index in [-0.39, 0.29) is 6.61 Å². The van der Waals surface area contributed by atoms with Gasteiger partial charge in [0.1, 0.15) is 5.75 Å². The lowest BCUT2D eigenvalue weighted by Gasteiger charge is -2.09. The minimum atomic E-state index is 0.133. The van der Waals surface area contributed by atoms with Crippen LogP contribution in [0.3, 0.4) is 0 Å². The Kier molecular flexibility index (Phi) is 4.07. The van der Waals surface area contributed by atoms with Crippen LogP contribution in [-0.2, 0) is 6.42 Å². The molecule has 0 radical (unpaired) electrons. The maximum atomic E-state index is 9.40. The van der Waals surface area contributed by atoms with Gasteiger partial charge in [0.2, 0.25) is 5.69 Å². The van der Waals surface area contributed by atoms with Crippen molar-refractivity contribution in [1.29, 1.82) is 0 Å². The lowest BCUT2D eigenvalue weighted by atomic mass is 10.1. The average molecular weight is 294 g/mol. The summed E-state index contributed by atoms with van der Waals surface area (Å²) in [6.07, 6.45) is 0.623. The Morgan fingerprint density at radius 2 is 1.77 bits per heavy atom. The van der Waals surface area contributed by atoms with Crippen LogP contribution in [0.1, 0.15) is 11.4 Å². The van der Waals surface area contributed by atoms with E-state index < -0.39 is 0 Å². The number of aliphatic hydroxyl groups excluding tert-OH is 1. The first-order valence-corrected chi connectivity index (χ1v) is 7.43. The van der Waals surface area contributed by atoms with Crippen molar-refractivity contribution in [2.24, 2.45) is 0 Å². The smallest absolute Gasteiger partial charge is 0.211 e. The molecular formula is C19H20NO2+. The molecule has 22 heavy (non-hydrogen) atoms. The van der Waals surface area contributed by atoms with Crippen molar-refractivity contribution in [3.8, 4) is 11.4 Å². The van der Waals surface area contributed by atoms with Crippen molar-refractivity contribution in [2.45, 2.75) is 13.3 Å². The maximum absolute atomic E-state index is 9.40. The van der Waals surface area contributed by atoms with Crippen LogP contribution >= 0.6 is 0 Å². The van der Waals surface area contributed by atoms with Crippen molar-refractivity contribution in [2.75, 3.05) is 13.7 Å². The third kappa shape index (κ3) is 2.55. The topological polar surface area (TPSA) is 33.3 Å². The molecule has 0 saturated heterocycles. The Bertz CT molecular complexity index is 794. The van der Waals surface area contributed by atoms with E-state index in [2.05, 4.69) is 35.8 Å². The predicted molar refractivity (Wildman–Crippen MR) is 87.6 cm³/mol. The Balaban J connectivity index is 2.24. The van der Waals surface area contributed by atoms with E-state index in [0.29, 0.717) is 6.42 Å². The lowest BCUT2D eigenvalue weighted by Crippen LogP contribution is -2.39. The summed E-state index contributed by atoms with van der Waals surface area (Å²) in [6.45, 7) is 2.25. The second kappa shape index (κ2) is 6.16. The van der Waals surface area contributed by atoms with Crippen molar-refractivity contribution in [3.63, 3.8) is 0 Å². The summed E-state index contributed by atoms with van der Waals surface area (Å²) in [6, 6.07) is 18.5. The normalized spacial score (nSPS) is 10.9. The number of aryl methyl sites for hydroxylation is 1. The zero-order valence-electron chi connectivity index (χ0n) is 12.9. The summed E-state index contributed by atoms with van der Waals surface area (Å²) < 4.78 is 7.44. The van der Waals surface area contributed by atoms with E-state index >= 15 is 0 Å². The summed E-state index contributed by atoms with van der Waals surface area (Å²) >= 11 is 0. The fourth-order valence-corrected chi connectivity index (χ4v) is 2.92. The number of hydrogen-bond acceptors (Lipinski definition) is 2. The van der Waals surface area contributed by atoms with Gasteiger partial charge in [0.15, 0.2) is 11.4 Å². The zero-order chi connectivity index (χ0) is 15.5. The molecule has 0 aliphatic rings. The molecule has 3 rings (SSSR count). The summed E-state index contributed by atoms with van der Waals surface area (Å²) in [5.41, 5.74) is 3.35. The van der Waals surface area contributed by atoms with Gasteiger partial charge in [-0.25, -0.2) is 0 Å². The minimum absolute atomic E-state index is 0.133. The SMILES string of the molecule is COc1ccc(-[n+]2c(CCO)cc3ccccc3c2C)cc1. The summed E-state index contributed by atoms with van der Waals surface area (Å²) in [5.74, 6) is 0.839. The van der Waals surface area contributed by atoms with Crippen LogP contribution in [0.5, 0.6) is 5.75 Å². The molecule has 0 atom stereocenters. The van der Waals surface area contributed by atoms with Gasteiger partial charge in [-0.3, -0.25) is 0 Å². The maximum Gasteiger partial charge on any atom is 0.211 e. The molecule has 0 unspecified atom stereocenters. The van der Waals surface area contributed by atoms with E-state index in [9.17, 15) is 5.11 Å². The Labute approximate surface area is 130 Å². The van der Waals surface area contributed by atoms with Crippen molar-refractivity contribution >= 4 is 10.8 Å². The van der Waals surface area contributed by atoms with Crippen molar-refractivity contribution in [1.82, 2.24) is 0 Å². The highest BCUT2D eigenvalue weighted by atomic mass is 16.5. The van der Waals surface area contributed by atoms with Crippen LogP contribution in [0.2, 0.25) is 0 Å². The number of hydrogen-bond donors (Lipinski definition) is 1. The molecule has 0 saturated carbocycles. The van der Waals surface area contributed by atoms with E-state index in [1.807, 2.05) is 30.3 Å². The molecule has 3 heteroatoms. The monoisotopic (exact) mass is 294 g/mol. The lowest BCUT2D eigenvalue weighted by molar-refractivity contribution is -0.609. The van der Waals surface area contributed by atoms with Crippen LogP contribution in [0.15, 0.2) is 54.6 Å². The molecule has 2 aromatic carbocycles. The molecule has 1 aromatic heterocycles. The van der Waals surface area contributed by atoms with Gasteiger partial charge in [-0.15, -0.1) is 0 Å². The van der Waals surface area contributed by atoms with E-state index in [1.54, 1.807) is 7.11 Å². The van der Waals surface area contributed by atoms with Crippen LogP contribution < -0.4 is 9.30 Å². The van der Waals surface area contributed by atoms with Gasteiger partial charge in [-0.2, -0.15) is 4.57 Å². The largest absolute Gasteiger partial charge is 0.497 e. The van der Waals surface area contributed by atoms with Crippen LogP contribution in [0.25, 0.3) is 16.5 Å². The first-order valence-electron chi connectivity index (χ1n) is 7.43. The fourth-order valence-electron chi connectivity index (χ4n) is 2.92. The van der Waals surface area contributed by atoms with Gasteiger partial charge >= 0.3 is 0 Å². The van der Waals surface area contributed by atoms with Gasteiger partial charge in [0.25, 0.3) is 0 Å². The highest BCUT2D eigenvalue weighted by Gasteiger charge is 2.20. The molecule has 1 N–H and O–H groups in total. The standard InChI is InChI=1S/C19H20NO2/c1-14-19-6-4-3-5-15(19)13-17(11-12-21)20(14)16-7-9-18(22-2)10-8-16/h3-10,13,21H,11-12H2,1-2H3/q+1. The molecule has 0 aliphatic carbocycles. The Morgan fingerprint density at radius 1 is 1.05 bits per heavy atom. The second-order valence-corrected chi connectivity index (χ2v) is 5.32. The first-order chi connectivity index (χ1) is 10.7. The number of rotatable bonds is 4. The molecule has 0 amide bonds. The van der Waals surface area contributed by atoms with Gasteiger partial charge < -0.3 is 9.84 Å². The number of methoxy groups -OCH3 is 1. The van der Waals surface area contributed by atoms with Gasteiger partial charge in [-0.05, 0) is 23.6 Å². The van der Waals surface area contributed by atoms with Crippen LogP contribution in [0, 0.1) is 6.92 Å². The van der Waals surface area contributed by atoms with E-state index in [0.717, 1.165) is 17.1 Å². The molecule has 3 aromatic rings. The van der Waals surface area contributed by atoms with Crippen molar-refractivity contribution in [3.05, 3.63) is 66.0 Å². The molecule has 0 spiro atoms. The molecule has 3 nitrogen and oxygen atoms in total. The zero-order valence-corrected chi connectivity index (χ0v) is 12.9. The third-order valence-corrected chi connectivity index (χ3v) is 3.99. The number of pyridine rings is 1. The first kappa shape index (κ1) is 14.5. The predicted octanol–water partition coefficient (Wildman–Crippen LogP) is 2.97. The number of aromatic nitrogens is 1. The van der Waals surface area contributed by atoms with Crippen molar-refractivity contribution < 1.29 is 14.4 Å². The molecule has 0 bridgehead atoms. The van der Waals surface area contributed by atoms with E-state index in [4.69, 9.17) is 4.74 Å². The highest BCUT2D eigenvalue weighted by molar-refractivity contribution is 5.83. The van der Waals surface area contributed by atoms with Crippen LogP contribution in [0.4, 0.5) is 0 Å². The fraction of sp³-hybridized carbons (Fsp3) is 0.211. The molecule has 0 aliphatic heterocycles. The summed E-state index contributed by atoms with van der Waals surface area (Å²) in [5, 5.41) is 11.8. The number of aliphatic hydroxyl groups is 1. The number of ether oxygens (including phenoxy) is 1. The third-order valence-electron chi connectivity index (χ3n) is 3.99. The second-order valence-electron chi connectivity index (χ2n) is 5.32. The molecule has 0 fully saturated rings. The quantitative estimate of drug-likeness (QED) is 0.751. The molecular weight excluding hydrogens is 274 g/mol. The average Bonchev–Trinajstić information content (AvgIpc) is 2.56. The summed E-state index contributed by atoms with van der Waals surface area (Å²) in [7, 11) is 1.67. The number of fused-ring (bicyclic) bond motifs is 1. The Hall–Kier alpha value is -2.39. The number of nitrogens with zero attached hydrogens (tertiary/aromatic N) is 1. The highest BCUT2D eigenvalue weighted by Crippen LogP contribution is 2.20. The van der Waals surface area contributed by atoms with Gasteiger partial charge in [0, 0.05) is 30.5 Å². The molecule has 1 heterocycles. The summed E-state index contributed by atoms with van der Waals surface area (Å²) in [4.78, 5) is 0. The van der Waals surface area contributed by atoms with Gasteiger partial charge in [-0.1, -0.05) is 18.2 Å². The van der Waals surface area contributed by atoms with Crippen LogP contribution in [-0.4, -0.2) is 18.8 Å². The minimum Gasteiger partial charge on any atom is -0.497 e. The Morgan fingerprint density at radius 3 is 2.45 bits per heavy atom. The van der Waals surface area contributed by atoms with E-state index in [1.165, 1.54) is 16.5 Å².